The number of rotatable bonds is 6. The Balaban J connectivity index is 1.97. The molecule has 2 aliphatic rings. The van der Waals surface area contributed by atoms with Crippen LogP contribution in [0.3, 0.4) is 0 Å². The summed E-state index contributed by atoms with van der Waals surface area (Å²) >= 11 is 0. The van der Waals surface area contributed by atoms with Crippen molar-refractivity contribution in [3.63, 3.8) is 0 Å². The van der Waals surface area contributed by atoms with Crippen LogP contribution in [0.15, 0.2) is 0 Å². The molecule has 0 aromatic rings. The number of carbonyl (C=O) groups is 3. The van der Waals surface area contributed by atoms with Crippen LogP contribution in [0, 0.1) is 5.92 Å². The summed E-state index contributed by atoms with van der Waals surface area (Å²) in [6, 6.07) is 0.151. The van der Waals surface area contributed by atoms with Crippen molar-refractivity contribution in [1.82, 2.24) is 9.80 Å². The number of hydrogen-bond acceptors (Lipinski definition) is 4. The van der Waals surface area contributed by atoms with Crippen molar-refractivity contribution >= 4 is 17.8 Å². The third-order valence-corrected chi connectivity index (χ3v) is 3.82. The summed E-state index contributed by atoms with van der Waals surface area (Å²) in [6.07, 6.45) is 2.13. The van der Waals surface area contributed by atoms with Crippen molar-refractivity contribution in [3.8, 4) is 0 Å². The number of carbonyl (C=O) groups excluding carboxylic acids is 3. The Labute approximate surface area is 119 Å². The van der Waals surface area contributed by atoms with E-state index < -0.39 is 0 Å². The molecule has 1 saturated carbocycles. The van der Waals surface area contributed by atoms with Crippen molar-refractivity contribution in [1.29, 1.82) is 0 Å². The van der Waals surface area contributed by atoms with Crippen molar-refractivity contribution in [2.75, 3.05) is 26.2 Å². The molecule has 1 atom stereocenters. The molecule has 1 saturated heterocycles. The lowest BCUT2D eigenvalue weighted by molar-refractivity contribution is -0.150. The fraction of sp³-hybridized carbons (Fsp3) is 0.786. The number of hydrogen-bond donors (Lipinski definition) is 0. The van der Waals surface area contributed by atoms with Crippen LogP contribution in [0.4, 0.5) is 0 Å². The fourth-order valence-corrected chi connectivity index (χ4v) is 2.60. The van der Waals surface area contributed by atoms with Gasteiger partial charge in [-0.25, -0.2) is 0 Å². The van der Waals surface area contributed by atoms with Crippen molar-refractivity contribution in [3.05, 3.63) is 0 Å². The van der Waals surface area contributed by atoms with E-state index in [2.05, 4.69) is 0 Å². The molecule has 2 amide bonds. The molecule has 1 unspecified atom stereocenters. The Morgan fingerprint density at radius 1 is 1.35 bits per heavy atom. The van der Waals surface area contributed by atoms with E-state index in [0.29, 0.717) is 19.7 Å². The number of likely N-dealkylation sites (tertiary alicyclic amines) is 1. The van der Waals surface area contributed by atoms with Gasteiger partial charge in [-0.15, -0.1) is 0 Å². The first-order valence-corrected chi connectivity index (χ1v) is 7.30. The van der Waals surface area contributed by atoms with Crippen LogP contribution in [-0.4, -0.2) is 59.9 Å². The Bertz CT molecular complexity index is 406. The number of amides is 2. The first kappa shape index (κ1) is 14.8. The van der Waals surface area contributed by atoms with Crippen LogP contribution in [0.25, 0.3) is 0 Å². The van der Waals surface area contributed by atoms with E-state index in [1.807, 2.05) is 6.92 Å². The highest BCUT2D eigenvalue weighted by Gasteiger charge is 2.41. The Morgan fingerprint density at radius 3 is 2.55 bits per heavy atom. The van der Waals surface area contributed by atoms with Gasteiger partial charge in [-0.2, -0.15) is 0 Å². The van der Waals surface area contributed by atoms with Crippen LogP contribution in [0.1, 0.15) is 33.1 Å². The Kier molecular flexibility index (Phi) is 4.62. The summed E-state index contributed by atoms with van der Waals surface area (Å²) in [6.45, 7) is 5.08. The quantitative estimate of drug-likeness (QED) is 0.662. The molecule has 0 aromatic carbocycles. The first-order chi connectivity index (χ1) is 9.56. The molecule has 1 aliphatic carbocycles. The van der Waals surface area contributed by atoms with Gasteiger partial charge in [0, 0.05) is 25.6 Å². The van der Waals surface area contributed by atoms with Gasteiger partial charge in [0.15, 0.2) is 0 Å². The zero-order chi connectivity index (χ0) is 14.7. The molecule has 1 aliphatic heterocycles. The lowest BCUT2D eigenvalue weighted by atomic mass is 10.1. The summed E-state index contributed by atoms with van der Waals surface area (Å²) in [4.78, 5) is 39.1. The number of nitrogens with zero attached hydrogens (tertiary/aromatic N) is 2. The van der Waals surface area contributed by atoms with Gasteiger partial charge in [-0.1, -0.05) is 0 Å². The molecule has 0 N–H and O–H groups in total. The van der Waals surface area contributed by atoms with Crippen molar-refractivity contribution < 1.29 is 19.1 Å². The second-order valence-corrected chi connectivity index (χ2v) is 5.34. The van der Waals surface area contributed by atoms with Gasteiger partial charge < -0.3 is 14.5 Å². The smallest absolute Gasteiger partial charge is 0.325 e. The summed E-state index contributed by atoms with van der Waals surface area (Å²) in [7, 11) is 0. The molecule has 6 heteroatoms. The normalized spacial score (nSPS) is 22.0. The molecular formula is C14H22N2O4. The van der Waals surface area contributed by atoms with Gasteiger partial charge in [0.2, 0.25) is 11.8 Å². The van der Waals surface area contributed by atoms with Gasteiger partial charge in [0.05, 0.1) is 12.5 Å². The van der Waals surface area contributed by atoms with Crippen LogP contribution in [0.2, 0.25) is 0 Å². The average molecular weight is 282 g/mol. The summed E-state index contributed by atoms with van der Waals surface area (Å²) in [5.41, 5.74) is 0. The largest absolute Gasteiger partial charge is 0.465 e. The fourth-order valence-electron chi connectivity index (χ4n) is 2.60. The van der Waals surface area contributed by atoms with Crippen molar-refractivity contribution in [2.45, 2.75) is 39.2 Å². The minimum absolute atomic E-state index is 0.00809. The number of esters is 1. The molecule has 2 rings (SSSR count). The second-order valence-electron chi connectivity index (χ2n) is 5.34. The van der Waals surface area contributed by atoms with Crippen LogP contribution in [0.5, 0.6) is 0 Å². The maximum absolute atomic E-state index is 12.5. The van der Waals surface area contributed by atoms with Gasteiger partial charge in [0.1, 0.15) is 6.54 Å². The zero-order valence-corrected chi connectivity index (χ0v) is 12.1. The van der Waals surface area contributed by atoms with Crippen LogP contribution in [-0.2, 0) is 19.1 Å². The Hall–Kier alpha value is -1.59. The highest BCUT2D eigenvalue weighted by Crippen LogP contribution is 2.30. The molecule has 0 spiro atoms. The SMILES string of the molecule is CCOC(=O)CN(C(=O)C1CC(=O)N(CC)C1)C1CC1. The molecule has 0 aromatic heterocycles. The molecule has 2 fully saturated rings. The van der Waals surface area contributed by atoms with Gasteiger partial charge in [0.25, 0.3) is 0 Å². The maximum atomic E-state index is 12.5. The lowest BCUT2D eigenvalue weighted by Gasteiger charge is -2.24. The second kappa shape index (κ2) is 6.24. The third kappa shape index (κ3) is 3.29. The first-order valence-electron chi connectivity index (χ1n) is 7.30. The topological polar surface area (TPSA) is 66.9 Å². The van der Waals surface area contributed by atoms with Gasteiger partial charge in [-0.05, 0) is 26.7 Å². The van der Waals surface area contributed by atoms with E-state index in [0.717, 1.165) is 12.8 Å². The standard InChI is InChI=1S/C14H22N2O4/c1-3-15-8-10(7-12(15)17)14(19)16(11-5-6-11)9-13(18)20-4-2/h10-11H,3-9H2,1-2H3. The van der Waals surface area contributed by atoms with E-state index in [4.69, 9.17) is 4.74 Å². The van der Waals surface area contributed by atoms with E-state index in [1.54, 1.807) is 16.7 Å². The predicted molar refractivity (Wildman–Crippen MR) is 71.7 cm³/mol. The van der Waals surface area contributed by atoms with Crippen molar-refractivity contribution in [2.24, 2.45) is 5.92 Å². The van der Waals surface area contributed by atoms with Crippen LogP contribution < -0.4 is 0 Å². The summed E-state index contributed by atoms with van der Waals surface area (Å²) < 4.78 is 4.92. The molecule has 20 heavy (non-hydrogen) atoms. The minimum Gasteiger partial charge on any atom is -0.465 e. The average Bonchev–Trinajstić information content (AvgIpc) is 3.18. The molecule has 0 radical (unpaired) electrons. The van der Waals surface area contributed by atoms with Crippen LogP contribution >= 0.6 is 0 Å². The lowest BCUT2D eigenvalue weighted by Crippen LogP contribution is -2.42. The molecule has 6 nitrogen and oxygen atoms in total. The number of ether oxygens (including phenoxy) is 1. The summed E-state index contributed by atoms with van der Waals surface area (Å²) in [5.74, 6) is -0.732. The molecule has 112 valence electrons. The van der Waals surface area contributed by atoms with E-state index in [1.165, 1.54) is 0 Å². The highest BCUT2D eigenvalue weighted by molar-refractivity contribution is 5.91. The Morgan fingerprint density at radius 2 is 2.05 bits per heavy atom. The summed E-state index contributed by atoms with van der Waals surface area (Å²) in [5, 5.41) is 0. The van der Waals surface area contributed by atoms with E-state index in [9.17, 15) is 14.4 Å². The van der Waals surface area contributed by atoms with Gasteiger partial charge >= 0.3 is 5.97 Å². The molecule has 1 heterocycles. The minimum atomic E-state index is -0.371. The van der Waals surface area contributed by atoms with E-state index >= 15 is 0 Å². The highest BCUT2D eigenvalue weighted by atomic mass is 16.5. The van der Waals surface area contributed by atoms with E-state index in [-0.39, 0.29) is 42.7 Å². The molecular weight excluding hydrogens is 260 g/mol. The monoisotopic (exact) mass is 282 g/mol. The molecule has 0 bridgehead atoms. The van der Waals surface area contributed by atoms with Gasteiger partial charge in [-0.3, -0.25) is 14.4 Å². The zero-order valence-electron chi connectivity index (χ0n) is 12.1. The maximum Gasteiger partial charge on any atom is 0.325 e. The third-order valence-electron chi connectivity index (χ3n) is 3.82. The predicted octanol–water partition coefficient (Wildman–Crippen LogP) is 0.409.